The fourth-order valence-corrected chi connectivity index (χ4v) is 1.53. The van der Waals surface area contributed by atoms with Gasteiger partial charge >= 0.3 is 5.97 Å². The zero-order valence-corrected chi connectivity index (χ0v) is 11.0. The number of carbonyl (C=O) groups is 1. The molecule has 0 amide bonds. The summed E-state index contributed by atoms with van der Waals surface area (Å²) in [5, 5.41) is 19.0. The second-order valence-corrected chi connectivity index (χ2v) is 5.47. The highest BCUT2D eigenvalue weighted by molar-refractivity contribution is 5.69. The Morgan fingerprint density at radius 1 is 1.31 bits per heavy atom. The van der Waals surface area contributed by atoms with Gasteiger partial charge < -0.3 is 10.2 Å². The predicted molar refractivity (Wildman–Crippen MR) is 64.4 cm³/mol. The van der Waals surface area contributed by atoms with Crippen molar-refractivity contribution in [3.63, 3.8) is 0 Å². The summed E-state index contributed by atoms with van der Waals surface area (Å²) < 4.78 is 0. The van der Waals surface area contributed by atoms with Gasteiger partial charge in [-0.15, -0.1) is 0 Å². The molecule has 0 saturated heterocycles. The summed E-state index contributed by atoms with van der Waals surface area (Å²) in [6.45, 7) is 10.8. The number of aliphatic carboxylic acids is 1. The van der Waals surface area contributed by atoms with E-state index in [0.29, 0.717) is 19.0 Å². The van der Waals surface area contributed by atoms with Crippen LogP contribution in [0.2, 0.25) is 0 Å². The van der Waals surface area contributed by atoms with Gasteiger partial charge in [0.15, 0.2) is 0 Å². The largest absolute Gasteiger partial charge is 0.480 e. The van der Waals surface area contributed by atoms with Gasteiger partial charge in [0.05, 0.1) is 12.1 Å². The Morgan fingerprint density at radius 2 is 1.81 bits per heavy atom. The first kappa shape index (κ1) is 15.4. The Labute approximate surface area is 98.3 Å². The predicted octanol–water partition coefficient (Wildman–Crippen LogP) is 1.44. The first-order chi connectivity index (χ1) is 7.15. The Balaban J connectivity index is 4.46. The third kappa shape index (κ3) is 6.08. The molecule has 1 atom stereocenters. The summed E-state index contributed by atoms with van der Waals surface area (Å²) in [4.78, 5) is 12.5. The van der Waals surface area contributed by atoms with Crippen LogP contribution in [0.15, 0.2) is 0 Å². The maximum atomic E-state index is 10.7. The van der Waals surface area contributed by atoms with Crippen molar-refractivity contribution in [3.8, 4) is 0 Å². The minimum absolute atomic E-state index is 0.0128. The van der Waals surface area contributed by atoms with Crippen LogP contribution in [0.25, 0.3) is 0 Å². The third-order valence-corrected chi connectivity index (χ3v) is 2.77. The van der Waals surface area contributed by atoms with Gasteiger partial charge in [0, 0.05) is 13.1 Å². The summed E-state index contributed by atoms with van der Waals surface area (Å²) in [6, 6.07) is 0. The van der Waals surface area contributed by atoms with Crippen LogP contribution < -0.4 is 0 Å². The molecule has 2 N–H and O–H groups in total. The van der Waals surface area contributed by atoms with Gasteiger partial charge in [-0.05, 0) is 18.8 Å². The minimum atomic E-state index is -0.847. The van der Waals surface area contributed by atoms with E-state index in [9.17, 15) is 9.90 Å². The van der Waals surface area contributed by atoms with Crippen LogP contribution in [0.4, 0.5) is 0 Å². The van der Waals surface area contributed by atoms with Gasteiger partial charge in [-0.1, -0.05) is 27.7 Å². The second kappa shape index (κ2) is 6.21. The highest BCUT2D eigenvalue weighted by Gasteiger charge is 2.28. The van der Waals surface area contributed by atoms with Gasteiger partial charge in [-0.3, -0.25) is 9.69 Å². The number of carboxylic acid groups (broad SMARTS) is 1. The van der Waals surface area contributed by atoms with Crippen LogP contribution >= 0.6 is 0 Å². The fourth-order valence-electron chi connectivity index (χ4n) is 1.53. The van der Waals surface area contributed by atoms with Crippen molar-refractivity contribution in [2.45, 2.75) is 40.2 Å². The molecule has 0 spiro atoms. The summed E-state index contributed by atoms with van der Waals surface area (Å²) in [5.41, 5.74) is -0.843. The van der Waals surface area contributed by atoms with E-state index in [1.165, 1.54) is 0 Å². The van der Waals surface area contributed by atoms with E-state index < -0.39 is 11.6 Å². The normalized spacial score (nSPS) is 15.8. The molecule has 96 valence electrons. The molecular weight excluding hydrogens is 206 g/mol. The van der Waals surface area contributed by atoms with E-state index in [-0.39, 0.29) is 12.5 Å². The molecule has 0 bridgehead atoms. The zero-order valence-electron chi connectivity index (χ0n) is 11.0. The maximum Gasteiger partial charge on any atom is 0.317 e. The van der Waals surface area contributed by atoms with E-state index in [0.717, 1.165) is 0 Å². The summed E-state index contributed by atoms with van der Waals surface area (Å²) >= 11 is 0. The standard InChI is InChI=1S/C12H25NO3/c1-9(2)6-13(7-11(14)15)8-12(5,16)10(3)4/h9-10,16H,6-8H2,1-5H3,(H,14,15). The molecule has 0 aliphatic rings. The highest BCUT2D eigenvalue weighted by atomic mass is 16.4. The van der Waals surface area contributed by atoms with E-state index >= 15 is 0 Å². The lowest BCUT2D eigenvalue weighted by atomic mass is 9.91. The smallest absolute Gasteiger partial charge is 0.317 e. The summed E-state index contributed by atoms with van der Waals surface area (Å²) in [6.07, 6.45) is 0. The van der Waals surface area contributed by atoms with Crippen molar-refractivity contribution >= 4 is 5.97 Å². The van der Waals surface area contributed by atoms with E-state index in [1.807, 2.05) is 27.7 Å². The first-order valence-corrected chi connectivity index (χ1v) is 5.81. The molecule has 0 radical (unpaired) electrons. The number of hydrogen-bond acceptors (Lipinski definition) is 3. The molecule has 0 aromatic rings. The topological polar surface area (TPSA) is 60.8 Å². The number of aliphatic hydroxyl groups is 1. The van der Waals surface area contributed by atoms with Crippen LogP contribution in [-0.2, 0) is 4.79 Å². The van der Waals surface area contributed by atoms with Crippen LogP contribution in [0.3, 0.4) is 0 Å². The Kier molecular flexibility index (Phi) is 5.97. The number of hydrogen-bond donors (Lipinski definition) is 2. The molecule has 16 heavy (non-hydrogen) atoms. The monoisotopic (exact) mass is 231 g/mol. The van der Waals surface area contributed by atoms with Crippen LogP contribution in [0.5, 0.6) is 0 Å². The molecular formula is C12H25NO3. The molecule has 0 fully saturated rings. The lowest BCUT2D eigenvalue weighted by Gasteiger charge is -2.34. The minimum Gasteiger partial charge on any atom is -0.480 e. The van der Waals surface area contributed by atoms with Gasteiger partial charge in [0.2, 0.25) is 0 Å². The summed E-state index contributed by atoms with van der Waals surface area (Å²) in [5.74, 6) is -0.349. The van der Waals surface area contributed by atoms with Crippen molar-refractivity contribution in [3.05, 3.63) is 0 Å². The zero-order chi connectivity index (χ0) is 12.9. The molecule has 1 unspecified atom stereocenters. The van der Waals surface area contributed by atoms with Crippen molar-refractivity contribution in [1.29, 1.82) is 0 Å². The van der Waals surface area contributed by atoms with Gasteiger partial charge in [-0.25, -0.2) is 0 Å². The second-order valence-electron chi connectivity index (χ2n) is 5.47. The molecule has 0 aliphatic heterocycles. The van der Waals surface area contributed by atoms with Crippen molar-refractivity contribution in [1.82, 2.24) is 4.90 Å². The maximum absolute atomic E-state index is 10.7. The average Bonchev–Trinajstić information content (AvgIpc) is 1.99. The molecule has 0 saturated carbocycles. The molecule has 0 aliphatic carbocycles. The Bertz CT molecular complexity index is 224. The molecule has 4 heteroatoms. The molecule has 0 aromatic heterocycles. The van der Waals surface area contributed by atoms with Gasteiger partial charge in [0.1, 0.15) is 0 Å². The van der Waals surface area contributed by atoms with E-state index in [1.54, 1.807) is 11.8 Å². The molecule has 0 aromatic carbocycles. The van der Waals surface area contributed by atoms with Crippen LogP contribution in [0, 0.1) is 11.8 Å². The highest BCUT2D eigenvalue weighted by Crippen LogP contribution is 2.18. The fraction of sp³-hybridized carbons (Fsp3) is 0.917. The lowest BCUT2D eigenvalue weighted by molar-refractivity contribution is -0.139. The first-order valence-electron chi connectivity index (χ1n) is 5.81. The number of nitrogens with zero attached hydrogens (tertiary/aromatic N) is 1. The Morgan fingerprint density at radius 3 is 2.12 bits per heavy atom. The number of rotatable bonds is 7. The summed E-state index contributed by atoms with van der Waals surface area (Å²) in [7, 11) is 0. The SMILES string of the molecule is CC(C)CN(CC(=O)O)CC(C)(O)C(C)C. The third-order valence-electron chi connectivity index (χ3n) is 2.77. The molecule has 0 heterocycles. The van der Waals surface area contributed by atoms with Crippen molar-refractivity contribution < 1.29 is 15.0 Å². The van der Waals surface area contributed by atoms with Gasteiger partial charge in [-0.2, -0.15) is 0 Å². The van der Waals surface area contributed by atoms with Crippen LogP contribution in [0.1, 0.15) is 34.6 Å². The molecule has 0 rings (SSSR count). The quantitative estimate of drug-likeness (QED) is 0.696. The van der Waals surface area contributed by atoms with Crippen LogP contribution in [-0.4, -0.2) is 46.3 Å². The van der Waals surface area contributed by atoms with Gasteiger partial charge in [0.25, 0.3) is 0 Å². The van der Waals surface area contributed by atoms with Crippen molar-refractivity contribution in [2.75, 3.05) is 19.6 Å². The average molecular weight is 231 g/mol. The van der Waals surface area contributed by atoms with E-state index in [2.05, 4.69) is 0 Å². The Hall–Kier alpha value is -0.610. The van der Waals surface area contributed by atoms with Crippen molar-refractivity contribution in [2.24, 2.45) is 11.8 Å². The van der Waals surface area contributed by atoms with E-state index in [4.69, 9.17) is 5.11 Å². The lowest BCUT2D eigenvalue weighted by Crippen LogP contribution is -2.47. The number of carboxylic acids is 1. The molecule has 4 nitrogen and oxygen atoms in total.